The number of hydrogen-bond donors (Lipinski definition) is 1. The van der Waals surface area contributed by atoms with Crippen molar-refractivity contribution in [1.29, 1.82) is 0 Å². The summed E-state index contributed by atoms with van der Waals surface area (Å²) in [6.07, 6.45) is 1.29. The predicted octanol–water partition coefficient (Wildman–Crippen LogP) is 2.41. The lowest BCUT2D eigenvalue weighted by molar-refractivity contribution is -0.133. The zero-order valence-electron chi connectivity index (χ0n) is 11.8. The summed E-state index contributed by atoms with van der Waals surface area (Å²) in [5, 5.41) is 8.98. The lowest BCUT2D eigenvalue weighted by atomic mass is 10.1. The maximum Gasteiger partial charge on any atom is 0.339 e. The molecule has 1 heterocycles. The molecule has 0 saturated heterocycles. The van der Waals surface area contributed by atoms with Crippen LogP contribution >= 0.6 is 0 Å². The van der Waals surface area contributed by atoms with Crippen molar-refractivity contribution in [2.24, 2.45) is 5.92 Å². The van der Waals surface area contributed by atoms with Gasteiger partial charge < -0.3 is 14.4 Å². The Morgan fingerprint density at radius 2 is 1.95 bits per heavy atom. The highest BCUT2D eigenvalue weighted by Gasteiger charge is 2.22. The number of rotatable bonds is 6. The van der Waals surface area contributed by atoms with Gasteiger partial charge in [-0.15, -0.1) is 0 Å². The minimum absolute atomic E-state index is 0.0144. The fraction of sp³-hybridized carbons (Fsp3) is 0.571. The third-order valence-corrected chi connectivity index (χ3v) is 2.79. The standard InChI is InChI=1S/C14H21NO4/c1-9(2)8-15(10(3)4)13(16)7-12-11(14(17)18)5-6-19-12/h5-6,9-10H,7-8H2,1-4H3,(H,17,18). The van der Waals surface area contributed by atoms with E-state index in [1.165, 1.54) is 12.3 Å². The average molecular weight is 267 g/mol. The minimum Gasteiger partial charge on any atom is -0.478 e. The highest BCUT2D eigenvalue weighted by molar-refractivity contribution is 5.90. The van der Waals surface area contributed by atoms with E-state index in [4.69, 9.17) is 9.52 Å². The Morgan fingerprint density at radius 3 is 2.42 bits per heavy atom. The van der Waals surface area contributed by atoms with E-state index in [1.807, 2.05) is 27.7 Å². The highest BCUT2D eigenvalue weighted by atomic mass is 16.4. The molecule has 0 unspecified atom stereocenters. The lowest BCUT2D eigenvalue weighted by Gasteiger charge is -2.28. The molecule has 1 aromatic heterocycles. The van der Waals surface area contributed by atoms with Crippen molar-refractivity contribution in [2.45, 2.75) is 40.2 Å². The molecule has 0 aliphatic rings. The van der Waals surface area contributed by atoms with Gasteiger partial charge in [0.1, 0.15) is 11.3 Å². The van der Waals surface area contributed by atoms with E-state index in [1.54, 1.807) is 4.90 Å². The molecule has 0 bridgehead atoms. The van der Waals surface area contributed by atoms with E-state index >= 15 is 0 Å². The predicted molar refractivity (Wildman–Crippen MR) is 71.1 cm³/mol. The van der Waals surface area contributed by atoms with Crippen LogP contribution < -0.4 is 0 Å². The van der Waals surface area contributed by atoms with Crippen molar-refractivity contribution in [3.63, 3.8) is 0 Å². The Bertz CT molecular complexity index is 448. The van der Waals surface area contributed by atoms with E-state index < -0.39 is 5.97 Å². The Labute approximate surface area is 113 Å². The van der Waals surface area contributed by atoms with Crippen LogP contribution in [0, 0.1) is 5.92 Å². The second-order valence-electron chi connectivity index (χ2n) is 5.27. The monoisotopic (exact) mass is 267 g/mol. The first-order valence-electron chi connectivity index (χ1n) is 6.42. The van der Waals surface area contributed by atoms with Crippen LogP contribution in [0.3, 0.4) is 0 Å². The third-order valence-electron chi connectivity index (χ3n) is 2.79. The average Bonchev–Trinajstić information content (AvgIpc) is 2.73. The Hall–Kier alpha value is -1.78. The van der Waals surface area contributed by atoms with Crippen molar-refractivity contribution >= 4 is 11.9 Å². The quantitative estimate of drug-likeness (QED) is 0.859. The summed E-state index contributed by atoms with van der Waals surface area (Å²) in [6, 6.07) is 1.45. The number of carbonyl (C=O) groups excluding carboxylic acids is 1. The molecule has 0 fully saturated rings. The van der Waals surface area contributed by atoms with Gasteiger partial charge in [0, 0.05) is 12.6 Å². The summed E-state index contributed by atoms with van der Waals surface area (Å²) in [5.74, 6) is -0.605. The van der Waals surface area contributed by atoms with E-state index in [0.29, 0.717) is 12.5 Å². The second-order valence-corrected chi connectivity index (χ2v) is 5.27. The Kier molecular flexibility index (Phi) is 5.15. The van der Waals surface area contributed by atoms with Gasteiger partial charge in [-0.3, -0.25) is 4.79 Å². The van der Waals surface area contributed by atoms with Crippen molar-refractivity contribution < 1.29 is 19.1 Å². The zero-order valence-corrected chi connectivity index (χ0v) is 11.8. The summed E-state index contributed by atoms with van der Waals surface area (Å²) in [7, 11) is 0. The smallest absolute Gasteiger partial charge is 0.339 e. The molecule has 1 N–H and O–H groups in total. The molecule has 1 amide bonds. The van der Waals surface area contributed by atoms with E-state index in [0.717, 1.165) is 0 Å². The number of amides is 1. The molecule has 0 atom stereocenters. The van der Waals surface area contributed by atoms with Crippen LogP contribution in [0.2, 0.25) is 0 Å². The normalized spacial score (nSPS) is 11.1. The van der Waals surface area contributed by atoms with Gasteiger partial charge in [0.25, 0.3) is 0 Å². The van der Waals surface area contributed by atoms with Crippen molar-refractivity contribution in [3.8, 4) is 0 Å². The number of furan rings is 1. The van der Waals surface area contributed by atoms with Gasteiger partial charge in [0.05, 0.1) is 12.7 Å². The minimum atomic E-state index is -1.07. The second kappa shape index (κ2) is 6.41. The van der Waals surface area contributed by atoms with Gasteiger partial charge >= 0.3 is 5.97 Å². The number of carbonyl (C=O) groups is 2. The maximum atomic E-state index is 12.2. The van der Waals surface area contributed by atoms with E-state index in [-0.39, 0.29) is 29.7 Å². The third kappa shape index (κ3) is 4.12. The zero-order chi connectivity index (χ0) is 14.6. The van der Waals surface area contributed by atoms with Crippen LogP contribution in [0.15, 0.2) is 16.7 Å². The van der Waals surface area contributed by atoms with E-state index in [9.17, 15) is 9.59 Å². The molecule has 0 radical (unpaired) electrons. The van der Waals surface area contributed by atoms with Gasteiger partial charge in [0.15, 0.2) is 0 Å². The number of hydrogen-bond acceptors (Lipinski definition) is 3. The highest BCUT2D eigenvalue weighted by Crippen LogP contribution is 2.14. The van der Waals surface area contributed by atoms with Gasteiger partial charge in [-0.2, -0.15) is 0 Å². The van der Waals surface area contributed by atoms with Crippen LogP contribution in [0.5, 0.6) is 0 Å². The molecule has 1 rings (SSSR count). The first-order valence-corrected chi connectivity index (χ1v) is 6.42. The molecule has 0 aliphatic heterocycles. The molecular weight excluding hydrogens is 246 g/mol. The van der Waals surface area contributed by atoms with Crippen LogP contribution in [0.25, 0.3) is 0 Å². The summed E-state index contributed by atoms with van der Waals surface area (Å²) in [6.45, 7) is 8.62. The molecule has 0 aliphatic carbocycles. The molecular formula is C14H21NO4. The first kappa shape index (κ1) is 15.3. The molecule has 1 aromatic rings. The number of carboxylic acid groups (broad SMARTS) is 1. The molecule has 0 saturated carbocycles. The van der Waals surface area contributed by atoms with Gasteiger partial charge in [-0.25, -0.2) is 4.79 Å². The summed E-state index contributed by atoms with van der Waals surface area (Å²) in [4.78, 5) is 24.9. The SMILES string of the molecule is CC(C)CN(C(=O)Cc1occc1C(=O)O)C(C)C. The van der Waals surface area contributed by atoms with Crippen LogP contribution in [0.4, 0.5) is 0 Å². The maximum absolute atomic E-state index is 12.2. The molecule has 5 nitrogen and oxygen atoms in total. The fourth-order valence-corrected chi connectivity index (χ4v) is 1.90. The molecule has 19 heavy (non-hydrogen) atoms. The van der Waals surface area contributed by atoms with Crippen LogP contribution in [0.1, 0.15) is 43.8 Å². The van der Waals surface area contributed by atoms with Crippen molar-refractivity contribution in [2.75, 3.05) is 6.54 Å². The van der Waals surface area contributed by atoms with Gasteiger partial charge in [-0.1, -0.05) is 13.8 Å². The molecule has 5 heteroatoms. The molecule has 0 aromatic carbocycles. The molecule has 106 valence electrons. The molecule has 0 spiro atoms. The van der Waals surface area contributed by atoms with E-state index in [2.05, 4.69) is 0 Å². The van der Waals surface area contributed by atoms with Crippen molar-refractivity contribution in [1.82, 2.24) is 4.90 Å². The summed E-state index contributed by atoms with van der Waals surface area (Å²) in [5.41, 5.74) is 0.0570. The van der Waals surface area contributed by atoms with Crippen LogP contribution in [-0.2, 0) is 11.2 Å². The van der Waals surface area contributed by atoms with Gasteiger partial charge in [0.2, 0.25) is 5.91 Å². The van der Waals surface area contributed by atoms with Crippen molar-refractivity contribution in [3.05, 3.63) is 23.7 Å². The lowest BCUT2D eigenvalue weighted by Crippen LogP contribution is -2.40. The Morgan fingerprint density at radius 1 is 1.32 bits per heavy atom. The summed E-state index contributed by atoms with van der Waals surface area (Å²) < 4.78 is 5.10. The fourth-order valence-electron chi connectivity index (χ4n) is 1.90. The Balaban J connectivity index is 2.81. The summed E-state index contributed by atoms with van der Waals surface area (Å²) >= 11 is 0. The largest absolute Gasteiger partial charge is 0.478 e. The first-order chi connectivity index (χ1) is 8.82. The number of aromatic carboxylic acids is 1. The number of nitrogens with zero attached hydrogens (tertiary/aromatic N) is 1. The van der Waals surface area contributed by atoms with Gasteiger partial charge in [-0.05, 0) is 25.8 Å². The number of carboxylic acids is 1. The topological polar surface area (TPSA) is 70.8 Å². The van der Waals surface area contributed by atoms with Crippen LogP contribution in [-0.4, -0.2) is 34.5 Å².